The maximum Gasteiger partial charge on any atom is 0.305 e. The molecule has 1 saturated heterocycles. The third kappa shape index (κ3) is 6.15. The molecule has 1 heterocycles. The predicted molar refractivity (Wildman–Crippen MR) is 77.4 cm³/mol. The molecule has 24 heavy (non-hydrogen) atoms. The number of carbonyl (C=O) groups is 4. The molecular weight excluding hydrogens is 324 g/mol. The average molecular weight is 346 g/mol. The van der Waals surface area contributed by atoms with Crippen LogP contribution in [0.2, 0.25) is 0 Å². The summed E-state index contributed by atoms with van der Waals surface area (Å²) in [7, 11) is 0. The van der Waals surface area contributed by atoms with Gasteiger partial charge >= 0.3 is 23.9 Å². The minimum Gasteiger partial charge on any atom is -0.463 e. The molecule has 0 aromatic heterocycles. The van der Waals surface area contributed by atoms with Crippen LogP contribution in [-0.2, 0) is 42.9 Å². The van der Waals surface area contributed by atoms with Crippen LogP contribution in [0.25, 0.3) is 0 Å². The van der Waals surface area contributed by atoms with Crippen LogP contribution in [0.4, 0.5) is 0 Å². The Bertz CT molecular complexity index is 515. The molecule has 0 aromatic rings. The molecule has 1 aliphatic heterocycles. The van der Waals surface area contributed by atoms with Gasteiger partial charge in [0, 0.05) is 34.6 Å². The summed E-state index contributed by atoms with van der Waals surface area (Å²) < 4.78 is 26.1. The van der Waals surface area contributed by atoms with Crippen molar-refractivity contribution in [3.8, 4) is 0 Å². The highest BCUT2D eigenvalue weighted by atomic mass is 16.7. The average Bonchev–Trinajstić information content (AvgIpc) is 2.37. The quantitative estimate of drug-likeness (QED) is 0.518. The second-order valence-corrected chi connectivity index (χ2v) is 5.61. The lowest BCUT2D eigenvalue weighted by molar-refractivity contribution is -0.306. The summed E-state index contributed by atoms with van der Waals surface area (Å²) in [6.45, 7) is 6.02. The van der Waals surface area contributed by atoms with Crippen molar-refractivity contribution < 1.29 is 42.9 Å². The monoisotopic (exact) mass is 346 g/mol. The van der Waals surface area contributed by atoms with E-state index in [1.807, 2.05) is 0 Å². The first-order valence-electron chi connectivity index (χ1n) is 7.37. The minimum absolute atomic E-state index is 0.0410. The first kappa shape index (κ1) is 19.9. The van der Waals surface area contributed by atoms with E-state index in [1.165, 1.54) is 34.6 Å². The molecule has 0 spiro atoms. The number of esters is 4. The van der Waals surface area contributed by atoms with Gasteiger partial charge in [-0.3, -0.25) is 19.2 Å². The summed E-state index contributed by atoms with van der Waals surface area (Å²) in [5, 5.41) is 0. The van der Waals surface area contributed by atoms with Gasteiger partial charge < -0.3 is 23.7 Å². The molecule has 4 atom stereocenters. The third-order valence-electron chi connectivity index (χ3n) is 3.14. The highest BCUT2D eigenvalue weighted by molar-refractivity contribution is 5.68. The predicted octanol–water partition coefficient (Wildman–Crippen LogP) is 0.481. The van der Waals surface area contributed by atoms with E-state index in [9.17, 15) is 19.2 Å². The summed E-state index contributed by atoms with van der Waals surface area (Å²) in [4.78, 5) is 45.1. The lowest BCUT2D eigenvalue weighted by Crippen LogP contribution is -2.58. The fraction of sp³-hybridized carbons (Fsp3) is 0.733. The first-order valence-corrected chi connectivity index (χ1v) is 7.37. The summed E-state index contributed by atoms with van der Waals surface area (Å²) in [5.41, 5.74) is 0. The van der Waals surface area contributed by atoms with E-state index >= 15 is 0 Å². The minimum atomic E-state index is -1.42. The SMILES string of the molecule is CC(=O)OC[C@H]1O[C@](C)(OC(C)=O)C[C@@H](OC(C)=O)[C@H]1OC(C)=O. The Kier molecular flexibility index (Phi) is 6.70. The molecular formula is C15H22O9. The molecule has 136 valence electrons. The van der Waals surface area contributed by atoms with Crippen LogP contribution in [0.5, 0.6) is 0 Å². The number of carbonyl (C=O) groups excluding carboxylic acids is 4. The van der Waals surface area contributed by atoms with E-state index in [-0.39, 0.29) is 13.0 Å². The van der Waals surface area contributed by atoms with Crippen LogP contribution < -0.4 is 0 Å². The van der Waals surface area contributed by atoms with E-state index in [1.54, 1.807) is 0 Å². The van der Waals surface area contributed by atoms with Gasteiger partial charge in [-0.1, -0.05) is 0 Å². The Labute approximate surface area is 139 Å². The van der Waals surface area contributed by atoms with Gasteiger partial charge in [0.25, 0.3) is 0 Å². The molecule has 9 nitrogen and oxygen atoms in total. The van der Waals surface area contributed by atoms with Gasteiger partial charge in [0.15, 0.2) is 6.10 Å². The standard InChI is InChI=1S/C15H22O9/c1-8(16)20-7-13-14(22-10(3)18)12(21-9(2)17)6-15(5,24-13)23-11(4)19/h12-14H,6-7H2,1-5H3/t12-,13-,14-,15+/m1/s1. The topological polar surface area (TPSA) is 114 Å². The van der Waals surface area contributed by atoms with Gasteiger partial charge in [-0.2, -0.15) is 0 Å². The van der Waals surface area contributed by atoms with Crippen molar-refractivity contribution in [2.75, 3.05) is 6.61 Å². The molecule has 9 heteroatoms. The fourth-order valence-corrected chi connectivity index (χ4v) is 2.52. The van der Waals surface area contributed by atoms with E-state index in [4.69, 9.17) is 23.7 Å². The van der Waals surface area contributed by atoms with Crippen LogP contribution in [0.1, 0.15) is 41.0 Å². The molecule has 0 bridgehead atoms. The van der Waals surface area contributed by atoms with Gasteiger partial charge in [0.1, 0.15) is 18.8 Å². The van der Waals surface area contributed by atoms with Crippen molar-refractivity contribution in [2.45, 2.75) is 65.1 Å². The molecule has 0 aromatic carbocycles. The molecule has 0 saturated carbocycles. The molecule has 1 fully saturated rings. The van der Waals surface area contributed by atoms with Gasteiger partial charge in [-0.25, -0.2) is 0 Å². The molecule has 1 aliphatic rings. The molecule has 0 N–H and O–H groups in total. The Morgan fingerprint density at radius 3 is 2.00 bits per heavy atom. The van der Waals surface area contributed by atoms with Crippen molar-refractivity contribution in [3.63, 3.8) is 0 Å². The zero-order valence-electron chi connectivity index (χ0n) is 14.3. The van der Waals surface area contributed by atoms with E-state index < -0.39 is 48.0 Å². The van der Waals surface area contributed by atoms with E-state index in [0.717, 1.165) is 0 Å². The number of rotatable bonds is 5. The number of hydrogen-bond acceptors (Lipinski definition) is 9. The van der Waals surface area contributed by atoms with E-state index in [2.05, 4.69) is 0 Å². The summed E-state index contributed by atoms with van der Waals surface area (Å²) >= 11 is 0. The molecule has 1 rings (SSSR count). The number of hydrogen-bond donors (Lipinski definition) is 0. The Balaban J connectivity index is 3.08. The molecule has 0 unspecified atom stereocenters. The smallest absolute Gasteiger partial charge is 0.305 e. The largest absolute Gasteiger partial charge is 0.463 e. The van der Waals surface area contributed by atoms with Crippen LogP contribution in [0.3, 0.4) is 0 Å². The van der Waals surface area contributed by atoms with Crippen LogP contribution >= 0.6 is 0 Å². The summed E-state index contributed by atoms with van der Waals surface area (Å²) in [6, 6.07) is 0. The Morgan fingerprint density at radius 1 is 0.958 bits per heavy atom. The van der Waals surface area contributed by atoms with Crippen molar-refractivity contribution >= 4 is 23.9 Å². The van der Waals surface area contributed by atoms with Crippen LogP contribution in [0.15, 0.2) is 0 Å². The third-order valence-corrected chi connectivity index (χ3v) is 3.14. The zero-order chi connectivity index (χ0) is 18.5. The highest BCUT2D eigenvalue weighted by Crippen LogP contribution is 2.34. The summed E-state index contributed by atoms with van der Waals surface area (Å²) in [5.74, 6) is -3.81. The van der Waals surface area contributed by atoms with Gasteiger partial charge in [0.05, 0.1) is 6.42 Å². The Morgan fingerprint density at radius 2 is 1.54 bits per heavy atom. The zero-order valence-corrected chi connectivity index (χ0v) is 14.3. The van der Waals surface area contributed by atoms with Crippen molar-refractivity contribution in [1.82, 2.24) is 0 Å². The van der Waals surface area contributed by atoms with Gasteiger partial charge in [-0.05, 0) is 0 Å². The van der Waals surface area contributed by atoms with Crippen LogP contribution in [-0.4, -0.2) is 54.6 Å². The van der Waals surface area contributed by atoms with Gasteiger partial charge in [-0.15, -0.1) is 0 Å². The van der Waals surface area contributed by atoms with E-state index in [0.29, 0.717) is 0 Å². The van der Waals surface area contributed by atoms with Gasteiger partial charge in [0.2, 0.25) is 5.79 Å². The lowest BCUT2D eigenvalue weighted by atomic mass is 9.96. The first-order chi connectivity index (χ1) is 11.0. The lowest BCUT2D eigenvalue weighted by Gasteiger charge is -2.44. The molecule has 0 radical (unpaired) electrons. The van der Waals surface area contributed by atoms with Crippen molar-refractivity contribution in [2.24, 2.45) is 0 Å². The molecule has 0 aliphatic carbocycles. The maximum atomic E-state index is 11.4. The van der Waals surface area contributed by atoms with Crippen molar-refractivity contribution in [1.29, 1.82) is 0 Å². The summed E-state index contributed by atoms with van der Waals surface area (Å²) in [6.07, 6.45) is -2.94. The second-order valence-electron chi connectivity index (χ2n) is 5.61. The fourth-order valence-electron chi connectivity index (χ4n) is 2.52. The Hall–Kier alpha value is -2.16. The second kappa shape index (κ2) is 8.09. The number of ether oxygens (including phenoxy) is 5. The van der Waals surface area contributed by atoms with Crippen LogP contribution in [0, 0.1) is 0 Å². The molecule has 0 amide bonds. The van der Waals surface area contributed by atoms with Crippen molar-refractivity contribution in [3.05, 3.63) is 0 Å². The highest BCUT2D eigenvalue weighted by Gasteiger charge is 2.50. The maximum absolute atomic E-state index is 11.4. The normalized spacial score (nSPS) is 29.3.